The molecule has 0 radical (unpaired) electrons. The molecular formula is C12H19N3O2. The van der Waals surface area contributed by atoms with Crippen LogP contribution in [0.1, 0.15) is 39.5 Å². The molecule has 0 aliphatic carbocycles. The normalized spacial score (nSPS) is 20.3. The molecule has 17 heavy (non-hydrogen) atoms. The molecule has 2 N–H and O–H groups in total. The van der Waals surface area contributed by atoms with E-state index in [0.29, 0.717) is 25.8 Å². The van der Waals surface area contributed by atoms with Gasteiger partial charge in [-0.2, -0.15) is 5.26 Å². The van der Waals surface area contributed by atoms with Gasteiger partial charge in [0.15, 0.2) is 0 Å². The molecule has 0 aromatic rings. The van der Waals surface area contributed by atoms with E-state index < -0.39 is 11.5 Å². The van der Waals surface area contributed by atoms with E-state index >= 15 is 0 Å². The number of nitrogens with one attached hydrogen (secondary N) is 2. The van der Waals surface area contributed by atoms with Crippen molar-refractivity contribution in [2.24, 2.45) is 5.41 Å². The van der Waals surface area contributed by atoms with Gasteiger partial charge in [-0.1, -0.05) is 13.8 Å². The van der Waals surface area contributed by atoms with E-state index in [0.717, 1.165) is 6.42 Å². The zero-order valence-corrected chi connectivity index (χ0v) is 10.4. The molecule has 1 rings (SSSR count). The van der Waals surface area contributed by atoms with Crippen molar-refractivity contribution < 1.29 is 9.59 Å². The highest BCUT2D eigenvalue weighted by molar-refractivity contribution is 5.91. The maximum absolute atomic E-state index is 12.1. The van der Waals surface area contributed by atoms with E-state index in [4.69, 9.17) is 5.26 Å². The minimum Gasteiger partial charge on any atom is -0.354 e. The fourth-order valence-corrected chi connectivity index (χ4v) is 1.99. The van der Waals surface area contributed by atoms with Crippen LogP contribution in [0.25, 0.3) is 0 Å². The minimum atomic E-state index is -1.00. The van der Waals surface area contributed by atoms with Gasteiger partial charge in [-0.3, -0.25) is 9.59 Å². The number of hydrogen-bond donors (Lipinski definition) is 2. The Morgan fingerprint density at radius 3 is 2.71 bits per heavy atom. The van der Waals surface area contributed by atoms with E-state index in [9.17, 15) is 9.59 Å². The third-order valence-electron chi connectivity index (χ3n) is 3.45. The van der Waals surface area contributed by atoms with Crippen LogP contribution in [0.15, 0.2) is 0 Å². The fraction of sp³-hybridized carbons (Fsp3) is 0.750. The van der Waals surface area contributed by atoms with Crippen LogP contribution < -0.4 is 10.6 Å². The first-order valence-corrected chi connectivity index (χ1v) is 6.09. The Hall–Kier alpha value is -1.57. The van der Waals surface area contributed by atoms with Gasteiger partial charge < -0.3 is 10.6 Å². The van der Waals surface area contributed by atoms with Crippen LogP contribution in [0.2, 0.25) is 0 Å². The van der Waals surface area contributed by atoms with Crippen molar-refractivity contribution in [1.82, 2.24) is 10.6 Å². The third-order valence-corrected chi connectivity index (χ3v) is 3.45. The van der Waals surface area contributed by atoms with Crippen LogP contribution in [-0.2, 0) is 9.59 Å². The third kappa shape index (κ3) is 2.76. The lowest BCUT2D eigenvalue weighted by molar-refractivity contribution is -0.134. The number of rotatable bonds is 4. The van der Waals surface area contributed by atoms with Crippen molar-refractivity contribution in [1.29, 1.82) is 5.26 Å². The summed E-state index contributed by atoms with van der Waals surface area (Å²) >= 11 is 0. The molecule has 1 unspecified atom stereocenters. The van der Waals surface area contributed by atoms with E-state index in [2.05, 4.69) is 16.7 Å². The van der Waals surface area contributed by atoms with E-state index in [1.807, 2.05) is 13.8 Å². The van der Waals surface area contributed by atoms with Crippen molar-refractivity contribution in [2.45, 2.75) is 45.6 Å². The second-order valence-electron chi connectivity index (χ2n) is 4.36. The summed E-state index contributed by atoms with van der Waals surface area (Å²) in [7, 11) is 0. The molecule has 1 atom stereocenters. The van der Waals surface area contributed by atoms with Gasteiger partial charge in [-0.25, -0.2) is 0 Å². The molecule has 0 bridgehead atoms. The Labute approximate surface area is 102 Å². The Bertz CT molecular complexity index is 342. The van der Waals surface area contributed by atoms with E-state index in [-0.39, 0.29) is 11.8 Å². The SMILES string of the molecule is CCC(C#N)(CC)C(=O)NC1CCCNC1=O. The van der Waals surface area contributed by atoms with Gasteiger partial charge in [0.1, 0.15) is 11.5 Å². The van der Waals surface area contributed by atoms with Crippen molar-refractivity contribution in [3.05, 3.63) is 0 Å². The van der Waals surface area contributed by atoms with E-state index in [1.165, 1.54) is 0 Å². The maximum Gasteiger partial charge on any atom is 0.242 e. The first kappa shape index (κ1) is 13.5. The molecule has 1 saturated heterocycles. The molecular weight excluding hydrogens is 218 g/mol. The molecule has 94 valence electrons. The average Bonchev–Trinajstić information content (AvgIpc) is 2.35. The molecule has 5 heteroatoms. The topological polar surface area (TPSA) is 82.0 Å². The monoisotopic (exact) mass is 237 g/mol. The van der Waals surface area contributed by atoms with Gasteiger partial charge in [0.05, 0.1) is 6.07 Å². The number of piperidine rings is 1. The minimum absolute atomic E-state index is 0.149. The van der Waals surface area contributed by atoms with Crippen molar-refractivity contribution in [3.63, 3.8) is 0 Å². The molecule has 2 amide bonds. The van der Waals surface area contributed by atoms with Crippen LogP contribution in [-0.4, -0.2) is 24.4 Å². The van der Waals surface area contributed by atoms with Crippen LogP contribution in [0.5, 0.6) is 0 Å². The predicted molar refractivity (Wildman–Crippen MR) is 62.8 cm³/mol. The molecule has 0 saturated carbocycles. The number of nitrogens with zero attached hydrogens (tertiary/aromatic N) is 1. The second kappa shape index (κ2) is 5.67. The summed E-state index contributed by atoms with van der Waals surface area (Å²) in [5, 5.41) is 14.5. The first-order valence-electron chi connectivity index (χ1n) is 6.09. The van der Waals surface area contributed by atoms with Gasteiger partial charge >= 0.3 is 0 Å². The summed E-state index contributed by atoms with van der Waals surface area (Å²) in [5.41, 5.74) is -1.00. The van der Waals surface area contributed by atoms with Crippen LogP contribution >= 0.6 is 0 Å². The fourth-order valence-electron chi connectivity index (χ4n) is 1.99. The summed E-state index contributed by atoms with van der Waals surface area (Å²) in [4.78, 5) is 23.6. The molecule has 0 spiro atoms. The Morgan fingerprint density at radius 1 is 1.59 bits per heavy atom. The smallest absolute Gasteiger partial charge is 0.242 e. The highest BCUT2D eigenvalue weighted by atomic mass is 16.2. The van der Waals surface area contributed by atoms with Crippen molar-refractivity contribution in [2.75, 3.05) is 6.54 Å². The Morgan fingerprint density at radius 2 is 2.24 bits per heavy atom. The molecule has 5 nitrogen and oxygen atoms in total. The summed E-state index contributed by atoms with van der Waals surface area (Å²) in [5.74, 6) is -0.476. The van der Waals surface area contributed by atoms with Gasteiger partial charge in [0, 0.05) is 6.54 Å². The zero-order chi connectivity index (χ0) is 12.9. The van der Waals surface area contributed by atoms with Crippen LogP contribution in [0, 0.1) is 16.7 Å². The predicted octanol–water partition coefficient (Wildman–Crippen LogP) is 0.711. The largest absolute Gasteiger partial charge is 0.354 e. The Balaban J connectivity index is 2.70. The number of carbonyl (C=O) groups is 2. The van der Waals surface area contributed by atoms with E-state index in [1.54, 1.807) is 0 Å². The molecule has 1 aliphatic heterocycles. The van der Waals surface area contributed by atoms with Crippen LogP contribution in [0.4, 0.5) is 0 Å². The number of nitriles is 1. The van der Waals surface area contributed by atoms with Crippen LogP contribution in [0.3, 0.4) is 0 Å². The lowest BCUT2D eigenvalue weighted by Gasteiger charge is -2.28. The lowest BCUT2D eigenvalue weighted by Crippen LogP contribution is -2.53. The average molecular weight is 237 g/mol. The van der Waals surface area contributed by atoms with Crippen molar-refractivity contribution >= 4 is 11.8 Å². The highest BCUT2D eigenvalue weighted by Gasteiger charge is 2.37. The van der Waals surface area contributed by atoms with Gasteiger partial charge in [0.2, 0.25) is 11.8 Å². The number of amides is 2. The number of carbonyl (C=O) groups excluding carboxylic acids is 2. The van der Waals surface area contributed by atoms with Gasteiger partial charge in [-0.05, 0) is 25.7 Å². The molecule has 1 aliphatic rings. The lowest BCUT2D eigenvalue weighted by atomic mass is 9.82. The van der Waals surface area contributed by atoms with Crippen molar-refractivity contribution in [3.8, 4) is 6.07 Å². The highest BCUT2D eigenvalue weighted by Crippen LogP contribution is 2.25. The summed E-state index contributed by atoms with van der Waals surface area (Å²) in [6, 6.07) is 1.59. The summed E-state index contributed by atoms with van der Waals surface area (Å²) in [6.07, 6.45) is 2.42. The first-order chi connectivity index (χ1) is 8.09. The van der Waals surface area contributed by atoms with Gasteiger partial charge in [-0.15, -0.1) is 0 Å². The molecule has 0 aromatic carbocycles. The standard InChI is InChI=1S/C12H19N3O2/c1-3-12(4-2,8-13)11(17)15-9-6-5-7-14-10(9)16/h9H,3-7H2,1-2H3,(H,14,16)(H,15,17). The molecule has 0 aromatic heterocycles. The molecule has 1 fully saturated rings. The maximum atomic E-state index is 12.1. The Kier molecular flexibility index (Phi) is 4.50. The number of hydrogen-bond acceptors (Lipinski definition) is 3. The molecule has 1 heterocycles. The quantitative estimate of drug-likeness (QED) is 0.755. The summed E-state index contributed by atoms with van der Waals surface area (Å²) in [6.45, 7) is 4.29. The second-order valence-corrected chi connectivity index (χ2v) is 4.36. The van der Waals surface area contributed by atoms with Gasteiger partial charge in [0.25, 0.3) is 0 Å². The zero-order valence-electron chi connectivity index (χ0n) is 10.4. The summed E-state index contributed by atoms with van der Waals surface area (Å²) < 4.78 is 0.